The van der Waals surface area contributed by atoms with Crippen molar-refractivity contribution in [1.82, 2.24) is 10.2 Å². The van der Waals surface area contributed by atoms with Gasteiger partial charge in [0, 0.05) is 31.8 Å². The number of amides is 2. The highest BCUT2D eigenvalue weighted by Gasteiger charge is 2.28. The van der Waals surface area contributed by atoms with E-state index in [9.17, 15) is 13.2 Å². The summed E-state index contributed by atoms with van der Waals surface area (Å²) in [5.41, 5.74) is 0. The van der Waals surface area contributed by atoms with E-state index in [1.165, 1.54) is 6.26 Å². The molecule has 2 unspecified atom stereocenters. The molecule has 22 heavy (non-hydrogen) atoms. The molecule has 1 N–H and O–H groups in total. The molecule has 0 aliphatic carbocycles. The average Bonchev–Trinajstić information content (AvgIpc) is 3.05. The van der Waals surface area contributed by atoms with E-state index < -0.39 is 9.84 Å². The van der Waals surface area contributed by atoms with Gasteiger partial charge < -0.3 is 14.6 Å². The number of likely N-dealkylation sites (tertiary alicyclic amines) is 1. The van der Waals surface area contributed by atoms with Crippen LogP contribution in [0, 0.1) is 5.92 Å². The van der Waals surface area contributed by atoms with Crippen LogP contribution in [0.25, 0.3) is 0 Å². The lowest BCUT2D eigenvalue weighted by molar-refractivity contribution is 0.203. The minimum atomic E-state index is -2.98. The van der Waals surface area contributed by atoms with Gasteiger partial charge in [-0.3, -0.25) is 0 Å². The van der Waals surface area contributed by atoms with Gasteiger partial charge in [-0.15, -0.1) is 0 Å². The van der Waals surface area contributed by atoms with Gasteiger partial charge in [-0.05, 0) is 37.8 Å². The second-order valence-electron chi connectivity index (χ2n) is 6.16. The number of sulfone groups is 1. The largest absolute Gasteiger partial charge is 0.469 e. The molecule has 1 aliphatic heterocycles. The highest BCUT2D eigenvalue weighted by Crippen LogP contribution is 2.18. The molecule has 1 saturated heterocycles. The number of rotatable bonds is 6. The maximum Gasteiger partial charge on any atom is 0.317 e. The Labute approximate surface area is 131 Å². The first-order chi connectivity index (χ1) is 10.3. The SMILES string of the molecule is CC(CCc1ccco1)NC(=O)N1CCC(CS(C)(=O)=O)C1. The van der Waals surface area contributed by atoms with Crippen molar-refractivity contribution in [3.05, 3.63) is 24.2 Å². The Kier molecular flexibility index (Phi) is 5.50. The molecule has 124 valence electrons. The summed E-state index contributed by atoms with van der Waals surface area (Å²) in [6.45, 7) is 3.10. The number of furan rings is 1. The molecule has 0 aromatic carbocycles. The van der Waals surface area contributed by atoms with E-state index in [4.69, 9.17) is 4.42 Å². The number of urea groups is 1. The van der Waals surface area contributed by atoms with E-state index in [1.54, 1.807) is 11.2 Å². The molecule has 2 amide bonds. The maximum absolute atomic E-state index is 12.2. The van der Waals surface area contributed by atoms with E-state index in [1.807, 2.05) is 19.1 Å². The zero-order chi connectivity index (χ0) is 16.2. The van der Waals surface area contributed by atoms with Crippen LogP contribution in [0.5, 0.6) is 0 Å². The molecule has 0 spiro atoms. The number of aryl methyl sites for hydroxylation is 1. The third kappa shape index (κ3) is 5.36. The Morgan fingerprint density at radius 2 is 2.32 bits per heavy atom. The smallest absolute Gasteiger partial charge is 0.317 e. The first kappa shape index (κ1) is 16.9. The van der Waals surface area contributed by atoms with Crippen molar-refractivity contribution in [2.45, 2.75) is 32.2 Å². The summed E-state index contributed by atoms with van der Waals surface area (Å²) in [5, 5.41) is 2.96. The fourth-order valence-corrected chi connectivity index (χ4v) is 3.90. The minimum Gasteiger partial charge on any atom is -0.469 e. The Morgan fingerprint density at radius 3 is 2.95 bits per heavy atom. The number of nitrogens with one attached hydrogen (secondary N) is 1. The van der Waals surface area contributed by atoms with Gasteiger partial charge in [-0.2, -0.15) is 0 Å². The quantitative estimate of drug-likeness (QED) is 0.861. The first-order valence-corrected chi connectivity index (χ1v) is 9.65. The molecule has 1 aliphatic rings. The predicted molar refractivity (Wildman–Crippen MR) is 84.4 cm³/mol. The van der Waals surface area contributed by atoms with E-state index in [0.717, 1.165) is 25.0 Å². The molecular weight excluding hydrogens is 304 g/mol. The van der Waals surface area contributed by atoms with Gasteiger partial charge in [0.15, 0.2) is 0 Å². The van der Waals surface area contributed by atoms with Crippen molar-refractivity contribution in [3.63, 3.8) is 0 Å². The van der Waals surface area contributed by atoms with Gasteiger partial charge >= 0.3 is 6.03 Å². The standard InChI is InChI=1S/C15H24N2O4S/c1-12(5-6-14-4-3-9-21-14)16-15(18)17-8-7-13(10-17)11-22(2,19)20/h3-4,9,12-13H,5-8,10-11H2,1-2H3,(H,16,18). The van der Waals surface area contributed by atoms with Crippen LogP contribution >= 0.6 is 0 Å². The summed E-state index contributed by atoms with van der Waals surface area (Å²) in [5.74, 6) is 1.12. The molecule has 0 bridgehead atoms. The Balaban J connectivity index is 1.73. The highest BCUT2D eigenvalue weighted by molar-refractivity contribution is 7.90. The lowest BCUT2D eigenvalue weighted by Crippen LogP contribution is -2.43. The molecule has 1 aromatic heterocycles. The number of carbonyl (C=O) groups excluding carboxylic acids is 1. The van der Waals surface area contributed by atoms with E-state index in [-0.39, 0.29) is 23.7 Å². The average molecular weight is 328 g/mol. The molecule has 2 atom stereocenters. The molecule has 6 nitrogen and oxygen atoms in total. The molecule has 2 rings (SSSR count). The van der Waals surface area contributed by atoms with E-state index >= 15 is 0 Å². The number of hydrogen-bond acceptors (Lipinski definition) is 4. The van der Waals surface area contributed by atoms with Crippen LogP contribution in [-0.4, -0.2) is 50.5 Å². The third-order valence-electron chi connectivity index (χ3n) is 3.89. The van der Waals surface area contributed by atoms with E-state index in [2.05, 4.69) is 5.32 Å². The van der Waals surface area contributed by atoms with Crippen molar-refractivity contribution in [2.75, 3.05) is 25.1 Å². The summed E-state index contributed by atoms with van der Waals surface area (Å²) in [4.78, 5) is 13.9. The van der Waals surface area contributed by atoms with Crippen LogP contribution < -0.4 is 5.32 Å². The van der Waals surface area contributed by atoms with Gasteiger partial charge in [0.25, 0.3) is 0 Å². The second kappa shape index (κ2) is 7.17. The van der Waals surface area contributed by atoms with Gasteiger partial charge in [0.1, 0.15) is 15.6 Å². The fourth-order valence-electron chi connectivity index (χ4n) is 2.77. The van der Waals surface area contributed by atoms with Crippen molar-refractivity contribution in [1.29, 1.82) is 0 Å². The van der Waals surface area contributed by atoms with Crippen molar-refractivity contribution < 1.29 is 17.6 Å². The van der Waals surface area contributed by atoms with Crippen LogP contribution in [-0.2, 0) is 16.3 Å². The first-order valence-electron chi connectivity index (χ1n) is 7.59. The lowest BCUT2D eigenvalue weighted by atomic mass is 10.1. The normalized spacial score (nSPS) is 20.1. The summed E-state index contributed by atoms with van der Waals surface area (Å²) in [6, 6.07) is 3.71. The third-order valence-corrected chi connectivity index (χ3v) is 4.96. The fraction of sp³-hybridized carbons (Fsp3) is 0.667. The second-order valence-corrected chi connectivity index (χ2v) is 8.35. The van der Waals surface area contributed by atoms with Crippen LogP contribution in [0.2, 0.25) is 0 Å². The van der Waals surface area contributed by atoms with Gasteiger partial charge in [0.2, 0.25) is 0 Å². The van der Waals surface area contributed by atoms with Crippen molar-refractivity contribution in [2.24, 2.45) is 5.92 Å². The van der Waals surface area contributed by atoms with Gasteiger partial charge in [-0.1, -0.05) is 0 Å². The summed E-state index contributed by atoms with van der Waals surface area (Å²) in [6.07, 6.45) is 5.23. The zero-order valence-corrected chi connectivity index (χ0v) is 13.9. The zero-order valence-electron chi connectivity index (χ0n) is 13.1. The number of hydrogen-bond donors (Lipinski definition) is 1. The molecule has 1 fully saturated rings. The van der Waals surface area contributed by atoms with Crippen LogP contribution in [0.1, 0.15) is 25.5 Å². The topological polar surface area (TPSA) is 79.6 Å². The monoisotopic (exact) mass is 328 g/mol. The van der Waals surface area contributed by atoms with Crippen LogP contribution in [0.15, 0.2) is 22.8 Å². The van der Waals surface area contributed by atoms with Crippen molar-refractivity contribution in [3.8, 4) is 0 Å². The summed E-state index contributed by atoms with van der Waals surface area (Å²) < 4.78 is 27.9. The van der Waals surface area contributed by atoms with E-state index in [0.29, 0.717) is 13.1 Å². The molecule has 0 radical (unpaired) electrons. The summed E-state index contributed by atoms with van der Waals surface area (Å²) in [7, 11) is -2.98. The highest BCUT2D eigenvalue weighted by atomic mass is 32.2. The lowest BCUT2D eigenvalue weighted by Gasteiger charge is -2.21. The molecular formula is C15H24N2O4S. The molecule has 7 heteroatoms. The number of nitrogens with zero attached hydrogens (tertiary/aromatic N) is 1. The molecule has 2 heterocycles. The Hall–Kier alpha value is -1.50. The number of carbonyl (C=O) groups is 1. The Bertz CT molecular complexity index is 583. The van der Waals surface area contributed by atoms with Crippen LogP contribution in [0.4, 0.5) is 4.79 Å². The summed E-state index contributed by atoms with van der Waals surface area (Å²) >= 11 is 0. The van der Waals surface area contributed by atoms with Crippen LogP contribution in [0.3, 0.4) is 0 Å². The van der Waals surface area contributed by atoms with Gasteiger partial charge in [0.05, 0.1) is 12.0 Å². The Morgan fingerprint density at radius 1 is 1.55 bits per heavy atom. The minimum absolute atomic E-state index is 0.0477. The molecule has 1 aromatic rings. The maximum atomic E-state index is 12.2. The van der Waals surface area contributed by atoms with Gasteiger partial charge in [-0.25, -0.2) is 13.2 Å². The predicted octanol–water partition coefficient (Wildman–Crippen LogP) is 1.68. The molecule has 0 saturated carbocycles. The van der Waals surface area contributed by atoms with Crippen molar-refractivity contribution >= 4 is 15.9 Å².